The first kappa shape index (κ1) is 10.9. The first-order chi connectivity index (χ1) is 6.38. The lowest BCUT2D eigenvalue weighted by Crippen LogP contribution is -2.45. The summed E-state index contributed by atoms with van der Waals surface area (Å²) in [6.45, 7) is 2.52. The van der Waals surface area contributed by atoms with Gasteiger partial charge in [0.2, 0.25) is 0 Å². The highest BCUT2D eigenvalue weighted by Gasteiger charge is 2.23. The minimum Gasteiger partial charge on any atom is -0.396 e. The first-order valence-corrected chi connectivity index (χ1v) is 5.04. The van der Waals surface area contributed by atoms with Gasteiger partial charge in [-0.15, -0.1) is 0 Å². The molecule has 0 aromatic rings. The molecule has 1 heterocycles. The van der Waals surface area contributed by atoms with Gasteiger partial charge in [-0.1, -0.05) is 0 Å². The van der Waals surface area contributed by atoms with Crippen molar-refractivity contribution in [1.82, 2.24) is 5.32 Å². The molecule has 0 aliphatic carbocycles. The number of ether oxygens (including phenoxy) is 1. The quantitative estimate of drug-likeness (QED) is 0.490. The first-order valence-electron chi connectivity index (χ1n) is 5.04. The fourth-order valence-electron chi connectivity index (χ4n) is 1.65. The third-order valence-electron chi connectivity index (χ3n) is 2.41. The Balaban J connectivity index is 2.16. The standard InChI is InChI=1S/C9H20N2O2/c10-7-8(11-4-2-5-12)9-3-1-6-13-9/h8-9,11-12H,1-7,10H2. The van der Waals surface area contributed by atoms with E-state index < -0.39 is 0 Å². The molecule has 0 radical (unpaired) electrons. The number of hydrogen-bond donors (Lipinski definition) is 3. The van der Waals surface area contributed by atoms with E-state index in [9.17, 15) is 0 Å². The van der Waals surface area contributed by atoms with E-state index in [2.05, 4.69) is 5.32 Å². The molecule has 0 aromatic carbocycles. The highest BCUT2D eigenvalue weighted by Crippen LogP contribution is 2.14. The van der Waals surface area contributed by atoms with Gasteiger partial charge < -0.3 is 20.9 Å². The molecule has 0 saturated carbocycles. The second-order valence-corrected chi connectivity index (χ2v) is 3.42. The molecule has 13 heavy (non-hydrogen) atoms. The number of nitrogens with one attached hydrogen (secondary N) is 1. The third-order valence-corrected chi connectivity index (χ3v) is 2.41. The van der Waals surface area contributed by atoms with Crippen LogP contribution in [-0.4, -0.2) is 43.6 Å². The van der Waals surface area contributed by atoms with Crippen LogP contribution in [0.3, 0.4) is 0 Å². The summed E-state index contributed by atoms with van der Waals surface area (Å²) in [7, 11) is 0. The van der Waals surface area contributed by atoms with Crippen molar-refractivity contribution in [3.63, 3.8) is 0 Å². The predicted octanol–water partition coefficient (Wildman–Crippen LogP) is -0.535. The highest BCUT2D eigenvalue weighted by molar-refractivity contribution is 4.80. The maximum absolute atomic E-state index is 8.61. The van der Waals surface area contributed by atoms with Gasteiger partial charge in [0, 0.05) is 25.8 Å². The summed E-state index contributed by atoms with van der Waals surface area (Å²) in [5.74, 6) is 0. The maximum atomic E-state index is 8.61. The summed E-state index contributed by atoms with van der Waals surface area (Å²) in [5.41, 5.74) is 5.63. The van der Waals surface area contributed by atoms with E-state index in [0.717, 1.165) is 32.4 Å². The van der Waals surface area contributed by atoms with Crippen molar-refractivity contribution in [3.8, 4) is 0 Å². The second-order valence-electron chi connectivity index (χ2n) is 3.42. The van der Waals surface area contributed by atoms with Crippen LogP contribution in [0.2, 0.25) is 0 Å². The van der Waals surface area contributed by atoms with Gasteiger partial charge in [0.1, 0.15) is 0 Å². The van der Waals surface area contributed by atoms with Gasteiger partial charge in [-0.25, -0.2) is 0 Å². The second kappa shape index (κ2) is 6.32. The zero-order valence-corrected chi connectivity index (χ0v) is 8.04. The number of nitrogens with two attached hydrogens (primary N) is 1. The van der Waals surface area contributed by atoms with Gasteiger partial charge in [0.05, 0.1) is 6.10 Å². The Hall–Kier alpha value is -0.160. The van der Waals surface area contributed by atoms with E-state index in [1.54, 1.807) is 0 Å². The Labute approximate surface area is 79.5 Å². The zero-order chi connectivity index (χ0) is 9.52. The van der Waals surface area contributed by atoms with Crippen LogP contribution in [0.4, 0.5) is 0 Å². The fourth-order valence-corrected chi connectivity index (χ4v) is 1.65. The van der Waals surface area contributed by atoms with Crippen LogP contribution in [0.5, 0.6) is 0 Å². The molecule has 78 valence electrons. The average Bonchev–Trinajstić information content (AvgIpc) is 2.65. The molecule has 2 atom stereocenters. The Kier molecular flexibility index (Phi) is 5.31. The molecule has 4 heteroatoms. The lowest BCUT2D eigenvalue weighted by molar-refractivity contribution is 0.0802. The van der Waals surface area contributed by atoms with Crippen LogP contribution < -0.4 is 11.1 Å². The summed E-state index contributed by atoms with van der Waals surface area (Å²) in [4.78, 5) is 0. The lowest BCUT2D eigenvalue weighted by Gasteiger charge is -2.22. The van der Waals surface area contributed by atoms with E-state index in [4.69, 9.17) is 15.6 Å². The molecule has 1 aliphatic heterocycles. The van der Waals surface area contributed by atoms with Crippen LogP contribution >= 0.6 is 0 Å². The molecule has 1 rings (SSSR count). The van der Waals surface area contributed by atoms with Crippen molar-refractivity contribution in [2.45, 2.75) is 31.4 Å². The molecule has 4 nitrogen and oxygen atoms in total. The van der Waals surface area contributed by atoms with Gasteiger partial charge in [-0.05, 0) is 25.8 Å². The minimum atomic E-state index is 0.232. The molecular formula is C9H20N2O2. The van der Waals surface area contributed by atoms with E-state index in [1.165, 1.54) is 0 Å². The van der Waals surface area contributed by atoms with Crippen molar-refractivity contribution in [2.75, 3.05) is 26.3 Å². The fraction of sp³-hybridized carbons (Fsp3) is 1.00. The monoisotopic (exact) mass is 188 g/mol. The third kappa shape index (κ3) is 3.60. The van der Waals surface area contributed by atoms with Crippen LogP contribution in [0.15, 0.2) is 0 Å². The van der Waals surface area contributed by atoms with Crippen LogP contribution in [-0.2, 0) is 4.74 Å². The number of rotatable bonds is 6. The SMILES string of the molecule is NCC(NCCCO)C1CCCO1. The van der Waals surface area contributed by atoms with Crippen LogP contribution in [0.25, 0.3) is 0 Å². The minimum absolute atomic E-state index is 0.232. The van der Waals surface area contributed by atoms with E-state index in [-0.39, 0.29) is 18.8 Å². The summed E-state index contributed by atoms with van der Waals surface area (Å²) in [5, 5.41) is 11.9. The molecule has 1 fully saturated rings. The molecule has 0 bridgehead atoms. The van der Waals surface area contributed by atoms with Crippen molar-refractivity contribution in [2.24, 2.45) is 5.73 Å². The molecule has 4 N–H and O–H groups in total. The largest absolute Gasteiger partial charge is 0.396 e. The van der Waals surface area contributed by atoms with Crippen LogP contribution in [0, 0.1) is 0 Å². The summed E-state index contributed by atoms with van der Waals surface area (Å²) in [6.07, 6.45) is 3.31. The lowest BCUT2D eigenvalue weighted by atomic mass is 10.1. The summed E-state index contributed by atoms with van der Waals surface area (Å²) >= 11 is 0. The molecule has 2 unspecified atom stereocenters. The molecule has 1 aliphatic rings. The van der Waals surface area contributed by atoms with Gasteiger partial charge in [-0.2, -0.15) is 0 Å². The van der Waals surface area contributed by atoms with Gasteiger partial charge in [-0.3, -0.25) is 0 Å². The Bertz CT molecular complexity index is 127. The van der Waals surface area contributed by atoms with Crippen molar-refractivity contribution < 1.29 is 9.84 Å². The molecule has 1 saturated heterocycles. The molecular weight excluding hydrogens is 168 g/mol. The summed E-state index contributed by atoms with van der Waals surface area (Å²) < 4.78 is 5.53. The van der Waals surface area contributed by atoms with Gasteiger partial charge >= 0.3 is 0 Å². The van der Waals surface area contributed by atoms with Gasteiger partial charge in [0.15, 0.2) is 0 Å². The predicted molar refractivity (Wildman–Crippen MR) is 51.5 cm³/mol. The smallest absolute Gasteiger partial charge is 0.0741 e. The number of aliphatic hydroxyl groups excluding tert-OH is 1. The van der Waals surface area contributed by atoms with E-state index in [0.29, 0.717) is 6.54 Å². The highest BCUT2D eigenvalue weighted by atomic mass is 16.5. The normalized spacial score (nSPS) is 24.9. The zero-order valence-electron chi connectivity index (χ0n) is 8.04. The van der Waals surface area contributed by atoms with E-state index in [1.807, 2.05) is 0 Å². The Morgan fingerprint density at radius 3 is 3.00 bits per heavy atom. The molecule has 0 spiro atoms. The maximum Gasteiger partial charge on any atom is 0.0741 e. The summed E-state index contributed by atoms with van der Waals surface area (Å²) in [6, 6.07) is 0.258. The van der Waals surface area contributed by atoms with E-state index >= 15 is 0 Å². The van der Waals surface area contributed by atoms with Crippen LogP contribution in [0.1, 0.15) is 19.3 Å². The average molecular weight is 188 g/mol. The topological polar surface area (TPSA) is 67.5 Å². The Morgan fingerprint density at radius 1 is 1.62 bits per heavy atom. The number of aliphatic hydroxyl groups is 1. The number of hydrogen-bond acceptors (Lipinski definition) is 4. The van der Waals surface area contributed by atoms with Crippen molar-refractivity contribution in [1.29, 1.82) is 0 Å². The van der Waals surface area contributed by atoms with Crippen molar-refractivity contribution >= 4 is 0 Å². The molecule has 0 aromatic heterocycles. The van der Waals surface area contributed by atoms with Crippen molar-refractivity contribution in [3.05, 3.63) is 0 Å². The van der Waals surface area contributed by atoms with Gasteiger partial charge in [0.25, 0.3) is 0 Å². The molecule has 0 amide bonds. The Morgan fingerprint density at radius 2 is 2.46 bits per heavy atom.